The SMILES string of the molecule is CCCCCCCCOc1ccc(-c2ccc(-c3ccc(CCCCC)cc3)cc2)c(C#N)c1F. The Balaban J connectivity index is 1.65. The molecule has 35 heavy (non-hydrogen) atoms. The van der Waals surface area contributed by atoms with Crippen LogP contribution in [0, 0.1) is 17.1 Å². The van der Waals surface area contributed by atoms with Crippen LogP contribution in [-0.4, -0.2) is 6.61 Å². The van der Waals surface area contributed by atoms with Gasteiger partial charge in [-0.3, -0.25) is 0 Å². The number of hydrogen-bond donors (Lipinski definition) is 0. The molecular weight excluding hydrogens is 433 g/mol. The minimum Gasteiger partial charge on any atom is -0.490 e. The summed E-state index contributed by atoms with van der Waals surface area (Å²) in [5.41, 5.74) is 5.08. The van der Waals surface area contributed by atoms with Crippen LogP contribution in [0.5, 0.6) is 5.75 Å². The molecule has 0 amide bonds. The molecule has 3 rings (SSSR count). The third-order valence-corrected chi connectivity index (χ3v) is 6.53. The molecule has 184 valence electrons. The molecule has 3 aromatic carbocycles. The Bertz CT molecular complexity index is 1080. The summed E-state index contributed by atoms with van der Waals surface area (Å²) in [6.07, 6.45) is 11.7. The highest BCUT2D eigenvalue weighted by Gasteiger charge is 2.16. The lowest BCUT2D eigenvalue weighted by Crippen LogP contribution is -2.01. The molecule has 3 aromatic rings. The summed E-state index contributed by atoms with van der Waals surface area (Å²) in [5, 5.41) is 9.67. The Morgan fingerprint density at radius 1 is 0.686 bits per heavy atom. The van der Waals surface area contributed by atoms with Crippen molar-refractivity contribution in [1.29, 1.82) is 5.26 Å². The van der Waals surface area contributed by atoms with Gasteiger partial charge in [-0.05, 0) is 53.6 Å². The second-order valence-electron chi connectivity index (χ2n) is 9.26. The quantitative estimate of drug-likeness (QED) is 0.219. The fraction of sp³-hybridized carbons (Fsp3) is 0.406. The van der Waals surface area contributed by atoms with Crippen molar-refractivity contribution in [3.63, 3.8) is 0 Å². The summed E-state index contributed by atoms with van der Waals surface area (Å²) < 4.78 is 20.7. The number of hydrogen-bond acceptors (Lipinski definition) is 2. The smallest absolute Gasteiger partial charge is 0.183 e. The average molecular weight is 472 g/mol. The van der Waals surface area contributed by atoms with Crippen LogP contribution in [0.25, 0.3) is 22.3 Å². The van der Waals surface area contributed by atoms with Gasteiger partial charge in [-0.2, -0.15) is 5.26 Å². The van der Waals surface area contributed by atoms with Gasteiger partial charge in [0.1, 0.15) is 6.07 Å². The Hall–Kier alpha value is -3.12. The standard InChI is InChI=1S/C32H38FNO/c1-3-5-7-8-9-11-23-35-31-22-21-29(30(24-34)32(31)33)28-19-17-27(18-20-28)26-15-13-25(14-16-26)12-10-6-4-2/h13-22H,3-12,23H2,1-2H3. The number of halogens is 1. The van der Waals surface area contributed by atoms with Crippen LogP contribution in [0.1, 0.15) is 82.8 Å². The zero-order chi connectivity index (χ0) is 24.9. The molecule has 0 aliphatic rings. The molecule has 0 aliphatic heterocycles. The highest BCUT2D eigenvalue weighted by molar-refractivity contribution is 5.75. The van der Waals surface area contributed by atoms with Crippen molar-refractivity contribution in [2.45, 2.75) is 78.1 Å². The van der Waals surface area contributed by atoms with E-state index >= 15 is 4.39 Å². The van der Waals surface area contributed by atoms with E-state index in [-0.39, 0.29) is 11.3 Å². The van der Waals surface area contributed by atoms with Crippen LogP contribution in [0.3, 0.4) is 0 Å². The van der Waals surface area contributed by atoms with Gasteiger partial charge < -0.3 is 4.74 Å². The number of benzene rings is 3. The summed E-state index contributed by atoms with van der Waals surface area (Å²) in [4.78, 5) is 0. The molecule has 0 spiro atoms. The third-order valence-electron chi connectivity index (χ3n) is 6.53. The highest BCUT2D eigenvalue weighted by atomic mass is 19.1. The molecule has 0 N–H and O–H groups in total. The molecule has 0 saturated heterocycles. The van der Waals surface area contributed by atoms with E-state index in [1.807, 2.05) is 30.3 Å². The lowest BCUT2D eigenvalue weighted by Gasteiger charge is -2.12. The van der Waals surface area contributed by atoms with Crippen molar-refractivity contribution in [3.8, 4) is 34.1 Å². The van der Waals surface area contributed by atoms with Crippen molar-refractivity contribution in [2.75, 3.05) is 6.61 Å². The van der Waals surface area contributed by atoms with Crippen molar-refractivity contribution >= 4 is 0 Å². The minimum absolute atomic E-state index is 0.0367. The monoisotopic (exact) mass is 471 g/mol. The molecule has 0 aromatic heterocycles. The Morgan fingerprint density at radius 2 is 1.26 bits per heavy atom. The number of unbranched alkanes of at least 4 members (excludes halogenated alkanes) is 7. The fourth-order valence-electron chi connectivity index (χ4n) is 4.37. The topological polar surface area (TPSA) is 33.0 Å². The predicted molar refractivity (Wildman–Crippen MR) is 144 cm³/mol. The summed E-state index contributed by atoms with van der Waals surface area (Å²) in [6.45, 7) is 4.89. The minimum atomic E-state index is -0.571. The first-order chi connectivity index (χ1) is 17.2. The summed E-state index contributed by atoms with van der Waals surface area (Å²) in [7, 11) is 0. The van der Waals surface area contributed by atoms with E-state index in [2.05, 4.69) is 38.1 Å². The Labute approximate surface area is 210 Å². The van der Waals surface area contributed by atoms with Crippen LogP contribution < -0.4 is 4.74 Å². The number of aryl methyl sites for hydroxylation is 1. The van der Waals surface area contributed by atoms with Crippen molar-refractivity contribution in [1.82, 2.24) is 0 Å². The van der Waals surface area contributed by atoms with Gasteiger partial charge in [-0.1, -0.05) is 107 Å². The zero-order valence-corrected chi connectivity index (χ0v) is 21.3. The van der Waals surface area contributed by atoms with Crippen LogP contribution in [-0.2, 0) is 6.42 Å². The zero-order valence-electron chi connectivity index (χ0n) is 21.3. The lowest BCUT2D eigenvalue weighted by molar-refractivity contribution is 0.290. The first-order valence-corrected chi connectivity index (χ1v) is 13.2. The molecule has 0 aliphatic carbocycles. The number of ether oxygens (including phenoxy) is 1. The van der Waals surface area contributed by atoms with Crippen molar-refractivity contribution in [3.05, 3.63) is 77.6 Å². The van der Waals surface area contributed by atoms with E-state index in [4.69, 9.17) is 4.74 Å². The Kier molecular flexibility index (Phi) is 10.8. The van der Waals surface area contributed by atoms with Gasteiger partial charge in [0.15, 0.2) is 11.6 Å². The molecule has 3 heteroatoms. The fourth-order valence-corrected chi connectivity index (χ4v) is 4.37. The second-order valence-corrected chi connectivity index (χ2v) is 9.26. The van der Waals surface area contributed by atoms with Gasteiger partial charge in [-0.25, -0.2) is 4.39 Å². The summed E-state index contributed by atoms with van der Waals surface area (Å²) in [5.74, 6) is -0.409. The first-order valence-electron chi connectivity index (χ1n) is 13.2. The number of rotatable bonds is 14. The van der Waals surface area contributed by atoms with Crippen molar-refractivity contribution < 1.29 is 9.13 Å². The average Bonchev–Trinajstić information content (AvgIpc) is 2.89. The first kappa shape index (κ1) is 26.5. The molecule has 0 fully saturated rings. The van der Waals surface area contributed by atoms with Gasteiger partial charge in [0, 0.05) is 5.56 Å². The summed E-state index contributed by atoms with van der Waals surface area (Å²) >= 11 is 0. The van der Waals surface area contributed by atoms with E-state index in [0.717, 1.165) is 36.0 Å². The number of nitriles is 1. The van der Waals surface area contributed by atoms with Crippen molar-refractivity contribution in [2.24, 2.45) is 0 Å². The summed E-state index contributed by atoms with van der Waals surface area (Å²) in [6, 6.07) is 22.2. The third kappa shape index (κ3) is 7.69. The van der Waals surface area contributed by atoms with Gasteiger partial charge in [0.05, 0.1) is 12.2 Å². The van der Waals surface area contributed by atoms with E-state index in [0.29, 0.717) is 12.2 Å². The molecule has 0 heterocycles. The molecule has 0 saturated carbocycles. The van der Waals surface area contributed by atoms with Gasteiger partial charge >= 0.3 is 0 Å². The normalized spacial score (nSPS) is 10.8. The molecule has 0 radical (unpaired) electrons. The van der Waals surface area contributed by atoms with Crippen LogP contribution >= 0.6 is 0 Å². The maximum absolute atomic E-state index is 15.0. The van der Waals surface area contributed by atoms with Crippen LogP contribution in [0.2, 0.25) is 0 Å². The van der Waals surface area contributed by atoms with Gasteiger partial charge in [0.25, 0.3) is 0 Å². The van der Waals surface area contributed by atoms with Crippen LogP contribution in [0.15, 0.2) is 60.7 Å². The lowest BCUT2D eigenvalue weighted by atomic mass is 9.96. The van der Waals surface area contributed by atoms with E-state index in [9.17, 15) is 5.26 Å². The maximum atomic E-state index is 15.0. The van der Waals surface area contributed by atoms with Gasteiger partial charge in [0.2, 0.25) is 0 Å². The largest absolute Gasteiger partial charge is 0.490 e. The highest BCUT2D eigenvalue weighted by Crippen LogP contribution is 2.32. The maximum Gasteiger partial charge on any atom is 0.183 e. The number of nitrogens with zero attached hydrogens (tertiary/aromatic N) is 1. The molecule has 0 atom stereocenters. The molecular formula is C32H38FNO. The van der Waals surface area contributed by atoms with E-state index < -0.39 is 5.82 Å². The van der Waals surface area contributed by atoms with Gasteiger partial charge in [-0.15, -0.1) is 0 Å². The van der Waals surface area contributed by atoms with E-state index in [1.54, 1.807) is 12.1 Å². The Morgan fingerprint density at radius 3 is 1.91 bits per heavy atom. The van der Waals surface area contributed by atoms with Crippen LogP contribution in [0.4, 0.5) is 4.39 Å². The molecule has 2 nitrogen and oxygen atoms in total. The molecule has 0 bridgehead atoms. The van der Waals surface area contributed by atoms with E-state index in [1.165, 1.54) is 50.5 Å². The molecule has 0 unspecified atom stereocenters. The predicted octanol–water partition coefficient (Wildman–Crippen LogP) is 9.50. The second kappa shape index (κ2) is 14.3.